The van der Waals surface area contributed by atoms with Crippen molar-refractivity contribution in [2.45, 2.75) is 19.0 Å². The highest BCUT2D eigenvalue weighted by atomic mass is 16.5. The molecule has 0 aliphatic carbocycles. The molecular formula is C22H29N3O2. The summed E-state index contributed by atoms with van der Waals surface area (Å²) < 4.78 is 5.52. The normalized spacial score (nSPS) is 17.2. The van der Waals surface area contributed by atoms with Crippen LogP contribution in [-0.2, 0) is 4.74 Å². The Bertz CT molecular complexity index is 687. The number of hydrogen-bond donors (Lipinski definition) is 2. The predicted molar refractivity (Wildman–Crippen MR) is 108 cm³/mol. The number of carbonyl (C=O) groups is 1. The van der Waals surface area contributed by atoms with E-state index in [1.54, 1.807) is 0 Å². The highest BCUT2D eigenvalue weighted by Crippen LogP contribution is 2.25. The van der Waals surface area contributed by atoms with Gasteiger partial charge in [0.05, 0.1) is 19.3 Å². The molecule has 5 heteroatoms. The molecule has 0 aromatic heterocycles. The van der Waals surface area contributed by atoms with Gasteiger partial charge in [0.25, 0.3) is 5.91 Å². The molecule has 1 aliphatic heterocycles. The minimum absolute atomic E-state index is 0.0298. The van der Waals surface area contributed by atoms with Gasteiger partial charge in [-0.1, -0.05) is 48.5 Å². The molecule has 2 atom stereocenters. The first-order valence-electron chi connectivity index (χ1n) is 9.69. The second-order valence-electron chi connectivity index (χ2n) is 6.87. The van der Waals surface area contributed by atoms with Gasteiger partial charge in [0.15, 0.2) is 0 Å². The van der Waals surface area contributed by atoms with Gasteiger partial charge in [-0.05, 0) is 24.6 Å². The van der Waals surface area contributed by atoms with E-state index < -0.39 is 0 Å². The summed E-state index contributed by atoms with van der Waals surface area (Å²) in [6, 6.07) is 20.5. The lowest BCUT2D eigenvalue weighted by Crippen LogP contribution is -2.48. The van der Waals surface area contributed by atoms with Crippen molar-refractivity contribution < 1.29 is 9.53 Å². The van der Waals surface area contributed by atoms with Crippen LogP contribution in [0.3, 0.4) is 0 Å². The largest absolute Gasteiger partial charge is 0.379 e. The predicted octanol–water partition coefficient (Wildman–Crippen LogP) is 2.47. The van der Waals surface area contributed by atoms with Crippen molar-refractivity contribution in [2.75, 3.05) is 39.4 Å². The first kappa shape index (κ1) is 19.5. The highest BCUT2D eigenvalue weighted by Gasteiger charge is 2.27. The molecule has 0 bridgehead atoms. The van der Waals surface area contributed by atoms with Gasteiger partial charge in [0, 0.05) is 37.8 Å². The molecule has 0 spiro atoms. The quantitative estimate of drug-likeness (QED) is 0.704. The molecular weight excluding hydrogens is 338 g/mol. The Kier molecular flexibility index (Phi) is 7.39. The number of nitrogens with one attached hydrogen (secondary N) is 2. The maximum Gasteiger partial charge on any atom is 0.251 e. The lowest BCUT2D eigenvalue weighted by molar-refractivity contribution is 0.00875. The third kappa shape index (κ3) is 5.63. The lowest BCUT2D eigenvalue weighted by Gasteiger charge is -2.38. The maximum absolute atomic E-state index is 12.1. The number of rotatable bonds is 8. The van der Waals surface area contributed by atoms with Gasteiger partial charge < -0.3 is 15.4 Å². The van der Waals surface area contributed by atoms with Crippen LogP contribution in [0.2, 0.25) is 0 Å². The Morgan fingerprint density at radius 3 is 2.30 bits per heavy atom. The van der Waals surface area contributed by atoms with Crippen molar-refractivity contribution in [2.24, 2.45) is 0 Å². The Morgan fingerprint density at radius 2 is 1.63 bits per heavy atom. The zero-order valence-corrected chi connectivity index (χ0v) is 15.9. The average Bonchev–Trinajstić information content (AvgIpc) is 2.73. The monoisotopic (exact) mass is 367 g/mol. The molecule has 2 aromatic rings. The molecule has 1 aliphatic rings. The molecule has 1 fully saturated rings. The highest BCUT2D eigenvalue weighted by molar-refractivity contribution is 5.94. The zero-order chi connectivity index (χ0) is 18.9. The minimum Gasteiger partial charge on any atom is -0.379 e. The van der Waals surface area contributed by atoms with Crippen LogP contribution in [0.15, 0.2) is 60.7 Å². The van der Waals surface area contributed by atoms with Gasteiger partial charge in [-0.15, -0.1) is 0 Å². The van der Waals surface area contributed by atoms with Crippen LogP contribution >= 0.6 is 0 Å². The van der Waals surface area contributed by atoms with Crippen LogP contribution in [0.25, 0.3) is 0 Å². The van der Waals surface area contributed by atoms with Gasteiger partial charge in [0.2, 0.25) is 0 Å². The molecule has 3 rings (SSSR count). The van der Waals surface area contributed by atoms with E-state index in [1.807, 2.05) is 30.3 Å². The van der Waals surface area contributed by atoms with E-state index in [1.165, 1.54) is 5.56 Å². The standard InChI is InChI=1S/C22H29N3O2/c1-18(23-12-13-24-22(26)20-10-6-3-7-11-20)21(19-8-4-2-5-9-19)25-14-16-27-17-15-25/h2-11,18,21,23H,12-17H2,1H3,(H,24,26)/t18-,21-/m1/s1. The number of carbonyl (C=O) groups excluding carboxylic acids is 1. The molecule has 1 saturated heterocycles. The number of hydrogen-bond acceptors (Lipinski definition) is 4. The molecule has 27 heavy (non-hydrogen) atoms. The number of nitrogens with zero attached hydrogens (tertiary/aromatic N) is 1. The summed E-state index contributed by atoms with van der Waals surface area (Å²) in [5.41, 5.74) is 2.01. The van der Waals surface area contributed by atoms with Crippen molar-refractivity contribution in [1.82, 2.24) is 15.5 Å². The van der Waals surface area contributed by atoms with Crippen LogP contribution in [0.4, 0.5) is 0 Å². The van der Waals surface area contributed by atoms with Gasteiger partial charge >= 0.3 is 0 Å². The molecule has 0 unspecified atom stereocenters. The fourth-order valence-electron chi connectivity index (χ4n) is 3.60. The molecule has 144 valence electrons. The van der Waals surface area contributed by atoms with Crippen LogP contribution in [0.1, 0.15) is 28.9 Å². The molecule has 2 aromatic carbocycles. The number of amides is 1. The molecule has 1 heterocycles. The van der Waals surface area contributed by atoms with Crippen molar-refractivity contribution >= 4 is 5.91 Å². The van der Waals surface area contributed by atoms with Gasteiger partial charge in [-0.25, -0.2) is 0 Å². The molecule has 0 radical (unpaired) electrons. The summed E-state index contributed by atoms with van der Waals surface area (Å²) >= 11 is 0. The maximum atomic E-state index is 12.1. The topological polar surface area (TPSA) is 53.6 Å². The van der Waals surface area contributed by atoms with Crippen molar-refractivity contribution in [3.8, 4) is 0 Å². The summed E-state index contributed by atoms with van der Waals surface area (Å²) in [5, 5.41) is 6.57. The second kappa shape index (κ2) is 10.2. The first-order chi connectivity index (χ1) is 13.3. The van der Waals surface area contributed by atoms with Crippen LogP contribution in [0, 0.1) is 0 Å². The van der Waals surface area contributed by atoms with Crippen LogP contribution in [-0.4, -0.2) is 56.2 Å². The Balaban J connectivity index is 1.53. The van der Waals surface area contributed by atoms with Crippen molar-refractivity contribution in [1.29, 1.82) is 0 Å². The molecule has 1 amide bonds. The van der Waals surface area contributed by atoms with Gasteiger partial charge in [0.1, 0.15) is 0 Å². The van der Waals surface area contributed by atoms with E-state index >= 15 is 0 Å². The SMILES string of the molecule is C[C@@H](NCCNC(=O)c1ccccc1)[C@H](c1ccccc1)N1CCOCC1. The Hall–Kier alpha value is -2.21. The zero-order valence-electron chi connectivity index (χ0n) is 15.9. The van der Waals surface area contributed by atoms with Crippen LogP contribution in [0.5, 0.6) is 0 Å². The second-order valence-corrected chi connectivity index (χ2v) is 6.87. The van der Waals surface area contributed by atoms with E-state index in [-0.39, 0.29) is 11.9 Å². The summed E-state index contributed by atoms with van der Waals surface area (Å²) in [7, 11) is 0. The van der Waals surface area contributed by atoms with Gasteiger partial charge in [-0.2, -0.15) is 0 Å². The fourth-order valence-corrected chi connectivity index (χ4v) is 3.60. The summed E-state index contributed by atoms with van der Waals surface area (Å²) in [5.74, 6) is -0.0298. The number of benzene rings is 2. The van der Waals surface area contributed by atoms with Crippen molar-refractivity contribution in [3.63, 3.8) is 0 Å². The first-order valence-corrected chi connectivity index (χ1v) is 9.69. The minimum atomic E-state index is -0.0298. The fraction of sp³-hybridized carbons (Fsp3) is 0.409. The smallest absolute Gasteiger partial charge is 0.251 e. The molecule has 0 saturated carbocycles. The summed E-state index contributed by atoms with van der Waals surface area (Å²) in [6.07, 6.45) is 0. The van der Waals surface area contributed by atoms with E-state index in [0.717, 1.165) is 32.8 Å². The van der Waals surface area contributed by atoms with Crippen molar-refractivity contribution in [3.05, 3.63) is 71.8 Å². The van der Waals surface area contributed by atoms with E-state index in [4.69, 9.17) is 4.74 Å². The van der Waals surface area contributed by atoms with Crippen LogP contribution < -0.4 is 10.6 Å². The van der Waals surface area contributed by atoms with E-state index in [9.17, 15) is 4.79 Å². The Labute approximate surface area is 161 Å². The molecule has 5 nitrogen and oxygen atoms in total. The number of morpholine rings is 1. The van der Waals surface area contributed by atoms with Gasteiger partial charge in [-0.3, -0.25) is 9.69 Å². The third-order valence-electron chi connectivity index (χ3n) is 4.97. The number of ether oxygens (including phenoxy) is 1. The average molecular weight is 367 g/mol. The summed E-state index contributed by atoms with van der Waals surface area (Å²) in [6.45, 7) is 6.99. The molecule has 2 N–H and O–H groups in total. The van der Waals surface area contributed by atoms with E-state index in [0.29, 0.717) is 18.2 Å². The Morgan fingerprint density at radius 1 is 1.00 bits per heavy atom. The lowest BCUT2D eigenvalue weighted by atomic mass is 9.98. The summed E-state index contributed by atoms with van der Waals surface area (Å²) in [4.78, 5) is 14.6. The third-order valence-corrected chi connectivity index (χ3v) is 4.97. The van der Waals surface area contributed by atoms with E-state index in [2.05, 4.69) is 52.8 Å².